The van der Waals surface area contributed by atoms with E-state index in [1.807, 2.05) is 6.20 Å². The SMILES string of the molecule is CC(C)(O)Cn1cc(-c2nc3cnc4c(ccn4S(=O)(=O)c4ccccc4)c3n2[C@H]2CC[C@H](CC#N)CC2)cn1. The summed E-state index contributed by atoms with van der Waals surface area (Å²) in [5.74, 6) is 1.11. The number of pyridine rings is 1. The van der Waals surface area contributed by atoms with Gasteiger partial charge in [-0.3, -0.25) is 4.68 Å². The Bertz CT molecular complexity index is 1830. The van der Waals surface area contributed by atoms with Gasteiger partial charge < -0.3 is 9.67 Å². The predicted molar refractivity (Wildman–Crippen MR) is 151 cm³/mol. The maximum absolute atomic E-state index is 13.5. The van der Waals surface area contributed by atoms with Gasteiger partial charge in [0.1, 0.15) is 11.3 Å². The van der Waals surface area contributed by atoms with Crippen LogP contribution in [0.25, 0.3) is 33.5 Å². The van der Waals surface area contributed by atoms with Gasteiger partial charge in [0.2, 0.25) is 0 Å². The summed E-state index contributed by atoms with van der Waals surface area (Å²) in [7, 11) is -3.84. The fraction of sp³-hybridized carbons (Fsp3) is 0.379. The largest absolute Gasteiger partial charge is 0.389 e. The first-order valence-corrected chi connectivity index (χ1v) is 14.9. The van der Waals surface area contributed by atoms with Crippen molar-refractivity contribution in [2.45, 2.75) is 69.0 Å². The first-order chi connectivity index (χ1) is 19.2. The second-order valence-corrected chi connectivity index (χ2v) is 13.1. The van der Waals surface area contributed by atoms with Crippen molar-refractivity contribution in [2.75, 3.05) is 0 Å². The smallest absolute Gasteiger partial charge is 0.269 e. The summed E-state index contributed by atoms with van der Waals surface area (Å²) in [6.45, 7) is 3.80. The summed E-state index contributed by atoms with van der Waals surface area (Å²) in [5.41, 5.74) is 1.74. The Morgan fingerprint density at radius 2 is 1.85 bits per heavy atom. The van der Waals surface area contributed by atoms with E-state index in [0.29, 0.717) is 35.4 Å². The van der Waals surface area contributed by atoms with Crippen LogP contribution in [0.1, 0.15) is 52.0 Å². The summed E-state index contributed by atoms with van der Waals surface area (Å²) in [6.07, 6.45) is 11.0. The molecule has 0 bridgehead atoms. The van der Waals surface area contributed by atoms with E-state index in [-0.39, 0.29) is 10.9 Å². The molecule has 11 heteroatoms. The van der Waals surface area contributed by atoms with E-state index in [2.05, 4.69) is 20.7 Å². The standard InChI is InChI=1S/C29H31N7O3S/c1-29(2,37)19-34-18-21(16-32-34)27-33-25-17-31-28-24(13-15-35(28)40(38,39)23-6-4-3-5-7-23)26(25)36(27)22-10-8-20(9-11-22)12-14-30/h3-7,13,15-18,20,22,37H,8-12,19H2,1-2H3/t20-,22-. The number of aliphatic hydroxyl groups is 1. The molecule has 1 N–H and O–H groups in total. The second kappa shape index (κ2) is 9.87. The van der Waals surface area contributed by atoms with Crippen LogP contribution in [0.3, 0.4) is 0 Å². The highest BCUT2D eigenvalue weighted by molar-refractivity contribution is 7.90. The Morgan fingerprint density at radius 3 is 2.55 bits per heavy atom. The highest BCUT2D eigenvalue weighted by Crippen LogP contribution is 2.40. The van der Waals surface area contributed by atoms with E-state index in [4.69, 9.17) is 4.98 Å². The van der Waals surface area contributed by atoms with Crippen LogP contribution in [0.4, 0.5) is 0 Å². The molecule has 40 heavy (non-hydrogen) atoms. The van der Waals surface area contributed by atoms with Crippen LogP contribution in [0.5, 0.6) is 0 Å². The molecule has 1 aliphatic carbocycles. The lowest BCUT2D eigenvalue weighted by atomic mass is 9.84. The minimum Gasteiger partial charge on any atom is -0.389 e. The molecule has 1 fully saturated rings. The molecule has 5 aromatic rings. The van der Waals surface area contributed by atoms with Gasteiger partial charge in [-0.15, -0.1) is 0 Å². The van der Waals surface area contributed by atoms with E-state index >= 15 is 0 Å². The van der Waals surface area contributed by atoms with Crippen molar-refractivity contribution in [2.24, 2.45) is 5.92 Å². The zero-order valence-corrected chi connectivity index (χ0v) is 23.3. The summed E-state index contributed by atoms with van der Waals surface area (Å²) in [4.78, 5) is 9.73. The highest BCUT2D eigenvalue weighted by Gasteiger charge is 2.29. The fourth-order valence-electron chi connectivity index (χ4n) is 5.80. The number of imidazole rings is 1. The summed E-state index contributed by atoms with van der Waals surface area (Å²) in [6, 6.07) is 12.6. The van der Waals surface area contributed by atoms with Crippen molar-refractivity contribution in [3.05, 3.63) is 61.2 Å². The summed E-state index contributed by atoms with van der Waals surface area (Å²) >= 11 is 0. The molecular formula is C29H31N7O3S. The molecule has 0 saturated heterocycles. The van der Waals surface area contributed by atoms with Crippen LogP contribution in [0, 0.1) is 17.2 Å². The maximum atomic E-state index is 13.5. The molecule has 0 atom stereocenters. The molecule has 0 amide bonds. The third kappa shape index (κ3) is 4.67. The van der Waals surface area contributed by atoms with Gasteiger partial charge in [-0.1, -0.05) is 18.2 Å². The number of nitriles is 1. The average molecular weight is 558 g/mol. The average Bonchev–Trinajstić information content (AvgIpc) is 3.65. The predicted octanol–water partition coefficient (Wildman–Crippen LogP) is 4.90. The second-order valence-electron chi connectivity index (χ2n) is 11.2. The molecule has 0 unspecified atom stereocenters. The van der Waals surface area contributed by atoms with E-state index in [1.165, 1.54) is 3.97 Å². The lowest BCUT2D eigenvalue weighted by Crippen LogP contribution is -2.26. The van der Waals surface area contributed by atoms with Crippen molar-refractivity contribution >= 4 is 32.1 Å². The maximum Gasteiger partial charge on any atom is 0.269 e. The summed E-state index contributed by atoms with van der Waals surface area (Å²) < 4.78 is 32.2. The zero-order chi connectivity index (χ0) is 28.1. The number of nitrogens with zero attached hydrogens (tertiary/aromatic N) is 7. The van der Waals surface area contributed by atoms with Crippen LogP contribution in [0.15, 0.2) is 66.1 Å². The van der Waals surface area contributed by atoms with E-state index in [1.54, 1.807) is 73.5 Å². The Kier molecular flexibility index (Phi) is 6.47. The molecule has 4 aromatic heterocycles. The Hall–Kier alpha value is -4.01. The molecule has 1 saturated carbocycles. The van der Waals surface area contributed by atoms with Crippen LogP contribution in [-0.2, 0) is 16.6 Å². The monoisotopic (exact) mass is 557 g/mol. The first kappa shape index (κ1) is 26.2. The molecular weight excluding hydrogens is 526 g/mol. The minimum absolute atomic E-state index is 0.118. The molecule has 206 valence electrons. The number of rotatable bonds is 7. The van der Waals surface area contributed by atoms with Gasteiger partial charge in [-0.05, 0) is 63.6 Å². The van der Waals surface area contributed by atoms with Crippen molar-refractivity contribution in [1.82, 2.24) is 28.3 Å². The van der Waals surface area contributed by atoms with Crippen molar-refractivity contribution in [3.8, 4) is 17.5 Å². The van der Waals surface area contributed by atoms with Crippen LogP contribution in [0.2, 0.25) is 0 Å². The van der Waals surface area contributed by atoms with Gasteiger partial charge in [0.05, 0.1) is 46.6 Å². The molecule has 10 nitrogen and oxygen atoms in total. The third-order valence-electron chi connectivity index (χ3n) is 7.63. The van der Waals surface area contributed by atoms with Gasteiger partial charge in [-0.25, -0.2) is 22.4 Å². The van der Waals surface area contributed by atoms with Gasteiger partial charge in [0.15, 0.2) is 5.65 Å². The minimum atomic E-state index is -3.84. The van der Waals surface area contributed by atoms with Gasteiger partial charge in [-0.2, -0.15) is 10.4 Å². The van der Waals surface area contributed by atoms with Crippen LogP contribution in [-0.4, -0.2) is 47.4 Å². The lowest BCUT2D eigenvalue weighted by Gasteiger charge is -2.29. The molecule has 0 radical (unpaired) electrons. The molecule has 0 aliphatic heterocycles. The van der Waals surface area contributed by atoms with Crippen molar-refractivity contribution in [3.63, 3.8) is 0 Å². The zero-order valence-electron chi connectivity index (χ0n) is 22.5. The topological polar surface area (TPSA) is 132 Å². The van der Waals surface area contributed by atoms with E-state index < -0.39 is 15.6 Å². The van der Waals surface area contributed by atoms with Gasteiger partial charge in [0, 0.05) is 30.2 Å². The normalized spacial score (nSPS) is 18.4. The molecule has 0 spiro atoms. The molecule has 6 rings (SSSR count). The number of aromatic nitrogens is 6. The first-order valence-electron chi connectivity index (χ1n) is 13.5. The van der Waals surface area contributed by atoms with Crippen molar-refractivity contribution in [1.29, 1.82) is 5.26 Å². The fourth-order valence-corrected chi connectivity index (χ4v) is 7.13. The highest BCUT2D eigenvalue weighted by atomic mass is 32.2. The number of hydrogen-bond donors (Lipinski definition) is 1. The molecule has 1 aromatic carbocycles. The van der Waals surface area contributed by atoms with Crippen LogP contribution < -0.4 is 0 Å². The van der Waals surface area contributed by atoms with Gasteiger partial charge >= 0.3 is 0 Å². The number of fused-ring (bicyclic) bond motifs is 3. The Morgan fingerprint density at radius 1 is 1.10 bits per heavy atom. The third-order valence-corrected chi connectivity index (χ3v) is 9.31. The Labute approximate surface area is 232 Å². The molecule has 4 heterocycles. The number of benzene rings is 1. The number of hydrogen-bond acceptors (Lipinski definition) is 7. The quantitative estimate of drug-likeness (QED) is 0.301. The molecule has 1 aliphatic rings. The van der Waals surface area contributed by atoms with E-state index in [9.17, 15) is 18.8 Å². The summed E-state index contributed by atoms with van der Waals surface area (Å²) in [5, 5.41) is 24.7. The van der Waals surface area contributed by atoms with E-state index in [0.717, 1.165) is 42.6 Å². The Balaban J connectivity index is 1.52. The van der Waals surface area contributed by atoms with Crippen LogP contribution >= 0.6 is 0 Å². The lowest BCUT2D eigenvalue weighted by molar-refractivity contribution is 0.0577. The van der Waals surface area contributed by atoms with Crippen molar-refractivity contribution < 1.29 is 13.5 Å². The van der Waals surface area contributed by atoms with Gasteiger partial charge in [0.25, 0.3) is 10.0 Å².